The van der Waals surface area contributed by atoms with E-state index in [9.17, 15) is 13.2 Å². The van der Waals surface area contributed by atoms with E-state index in [-0.39, 0.29) is 23.8 Å². The summed E-state index contributed by atoms with van der Waals surface area (Å²) in [7, 11) is -3.24. The molecule has 1 amide bonds. The fourth-order valence-electron chi connectivity index (χ4n) is 3.55. The molecule has 0 aromatic heterocycles. The molecule has 1 aromatic rings. The van der Waals surface area contributed by atoms with Crippen LogP contribution in [0.1, 0.15) is 37.2 Å². The molecule has 132 valence electrons. The van der Waals surface area contributed by atoms with Crippen LogP contribution in [0.5, 0.6) is 0 Å². The Balaban J connectivity index is 1.66. The van der Waals surface area contributed by atoms with Crippen molar-refractivity contribution >= 4 is 27.5 Å². The smallest absolute Gasteiger partial charge is 0.226 e. The number of benzene rings is 1. The van der Waals surface area contributed by atoms with Crippen molar-refractivity contribution in [3.05, 3.63) is 34.9 Å². The van der Waals surface area contributed by atoms with E-state index in [1.54, 1.807) is 0 Å². The molecule has 2 fully saturated rings. The van der Waals surface area contributed by atoms with E-state index >= 15 is 0 Å². The third kappa shape index (κ3) is 4.10. The molecule has 3 atom stereocenters. The maximum atomic E-state index is 12.9. The van der Waals surface area contributed by atoms with Gasteiger partial charge in [0.2, 0.25) is 15.9 Å². The number of hydrogen-bond acceptors (Lipinski definition) is 3. The summed E-state index contributed by atoms with van der Waals surface area (Å²) in [4.78, 5) is 14.8. The molecule has 0 unspecified atom stereocenters. The van der Waals surface area contributed by atoms with Crippen LogP contribution in [0.15, 0.2) is 24.3 Å². The summed E-state index contributed by atoms with van der Waals surface area (Å²) in [6, 6.07) is 7.63. The highest BCUT2D eigenvalue weighted by Crippen LogP contribution is 2.50. The van der Waals surface area contributed by atoms with E-state index in [2.05, 4.69) is 4.72 Å². The van der Waals surface area contributed by atoms with Crippen LogP contribution in [-0.2, 0) is 14.8 Å². The first kappa shape index (κ1) is 17.7. The Morgan fingerprint density at radius 2 is 2.08 bits per heavy atom. The summed E-state index contributed by atoms with van der Waals surface area (Å²) in [5, 5.41) is 0.715. The van der Waals surface area contributed by atoms with Crippen molar-refractivity contribution in [3.63, 3.8) is 0 Å². The van der Waals surface area contributed by atoms with Gasteiger partial charge < -0.3 is 4.90 Å². The maximum Gasteiger partial charge on any atom is 0.226 e. The van der Waals surface area contributed by atoms with Crippen LogP contribution >= 0.6 is 11.6 Å². The normalized spacial score (nSPS) is 27.1. The predicted molar refractivity (Wildman–Crippen MR) is 94.5 cm³/mol. The Hall–Kier alpha value is -1.11. The molecular weight excluding hydrogens is 348 g/mol. The summed E-state index contributed by atoms with van der Waals surface area (Å²) in [6.07, 6.45) is 4.82. The highest BCUT2D eigenvalue weighted by Gasteiger charge is 2.47. The van der Waals surface area contributed by atoms with Crippen molar-refractivity contribution in [2.75, 3.05) is 19.3 Å². The van der Waals surface area contributed by atoms with E-state index < -0.39 is 10.0 Å². The van der Waals surface area contributed by atoms with E-state index in [1.807, 2.05) is 29.2 Å². The van der Waals surface area contributed by atoms with Gasteiger partial charge in [-0.15, -0.1) is 0 Å². The second-order valence-electron chi connectivity index (χ2n) is 6.77. The van der Waals surface area contributed by atoms with Crippen LogP contribution in [-0.4, -0.2) is 44.6 Å². The number of halogens is 1. The van der Waals surface area contributed by atoms with Crippen molar-refractivity contribution in [2.45, 2.75) is 37.6 Å². The lowest BCUT2D eigenvalue weighted by molar-refractivity contribution is -0.136. The molecule has 1 aliphatic carbocycles. The molecule has 7 heteroatoms. The first-order chi connectivity index (χ1) is 11.4. The molecule has 2 aliphatic rings. The first-order valence-corrected chi connectivity index (χ1v) is 10.6. The number of amides is 1. The fraction of sp³-hybridized carbons (Fsp3) is 0.588. The SMILES string of the molecule is CS(=O)(=O)NC[C@@H]1CCCCN1C(=O)[C@@H]1C[C@H]1c1ccccc1Cl. The number of sulfonamides is 1. The van der Waals surface area contributed by atoms with Gasteiger partial charge in [0.05, 0.1) is 6.26 Å². The van der Waals surface area contributed by atoms with E-state index in [1.165, 1.54) is 0 Å². The molecule has 0 radical (unpaired) electrons. The van der Waals surface area contributed by atoms with Gasteiger partial charge in [0.15, 0.2) is 0 Å². The van der Waals surface area contributed by atoms with Crippen LogP contribution in [0.3, 0.4) is 0 Å². The molecule has 5 nitrogen and oxygen atoms in total. The number of nitrogens with one attached hydrogen (secondary N) is 1. The zero-order chi connectivity index (χ0) is 17.3. The summed E-state index contributed by atoms with van der Waals surface area (Å²) in [5.74, 6) is 0.306. The molecule has 24 heavy (non-hydrogen) atoms. The fourth-order valence-corrected chi connectivity index (χ4v) is 4.32. The van der Waals surface area contributed by atoms with Gasteiger partial charge >= 0.3 is 0 Å². The molecule has 1 aliphatic heterocycles. The molecule has 0 spiro atoms. The van der Waals surface area contributed by atoms with Crippen molar-refractivity contribution in [1.82, 2.24) is 9.62 Å². The second kappa shape index (κ2) is 7.02. The number of piperidine rings is 1. The molecule has 1 aromatic carbocycles. The van der Waals surface area contributed by atoms with Gasteiger partial charge in [-0.3, -0.25) is 4.79 Å². The minimum Gasteiger partial charge on any atom is -0.338 e. The van der Waals surface area contributed by atoms with Gasteiger partial charge in [0.1, 0.15) is 0 Å². The highest BCUT2D eigenvalue weighted by atomic mass is 35.5. The van der Waals surface area contributed by atoms with Crippen molar-refractivity contribution in [3.8, 4) is 0 Å². The monoisotopic (exact) mass is 370 g/mol. The van der Waals surface area contributed by atoms with E-state index in [0.717, 1.165) is 37.5 Å². The predicted octanol–water partition coefficient (Wildman–Crippen LogP) is 2.37. The molecule has 1 heterocycles. The highest BCUT2D eigenvalue weighted by molar-refractivity contribution is 7.88. The Bertz CT molecular complexity index is 722. The van der Waals surface area contributed by atoms with Crippen molar-refractivity contribution in [2.24, 2.45) is 5.92 Å². The number of nitrogens with zero attached hydrogens (tertiary/aromatic N) is 1. The lowest BCUT2D eigenvalue weighted by atomic mass is 10.0. The van der Waals surface area contributed by atoms with Gasteiger partial charge in [0.25, 0.3) is 0 Å². The van der Waals surface area contributed by atoms with Gasteiger partial charge in [0, 0.05) is 30.1 Å². The van der Waals surface area contributed by atoms with Crippen LogP contribution < -0.4 is 4.72 Å². The average molecular weight is 371 g/mol. The van der Waals surface area contributed by atoms with Crippen LogP contribution in [0.4, 0.5) is 0 Å². The third-order valence-electron chi connectivity index (χ3n) is 4.90. The maximum absolute atomic E-state index is 12.9. The zero-order valence-corrected chi connectivity index (χ0v) is 15.3. The quantitative estimate of drug-likeness (QED) is 0.865. The molecular formula is C17H23ClN2O3S. The number of hydrogen-bond donors (Lipinski definition) is 1. The summed E-state index contributed by atoms with van der Waals surface area (Å²) < 4.78 is 25.2. The average Bonchev–Trinajstić information content (AvgIpc) is 3.33. The van der Waals surface area contributed by atoms with E-state index in [0.29, 0.717) is 18.1 Å². The number of carbonyl (C=O) groups is 1. The second-order valence-corrected chi connectivity index (χ2v) is 9.01. The Morgan fingerprint density at radius 3 is 2.79 bits per heavy atom. The van der Waals surface area contributed by atoms with Gasteiger partial charge in [-0.25, -0.2) is 13.1 Å². The molecule has 3 rings (SSSR count). The molecule has 1 saturated carbocycles. The lowest BCUT2D eigenvalue weighted by Crippen LogP contribution is -2.49. The van der Waals surface area contributed by atoms with Crippen LogP contribution in [0.25, 0.3) is 0 Å². The molecule has 1 saturated heterocycles. The van der Waals surface area contributed by atoms with E-state index in [4.69, 9.17) is 11.6 Å². The summed E-state index contributed by atoms with van der Waals surface area (Å²) in [5.41, 5.74) is 1.04. The first-order valence-electron chi connectivity index (χ1n) is 8.36. The third-order valence-corrected chi connectivity index (χ3v) is 5.94. The zero-order valence-electron chi connectivity index (χ0n) is 13.7. The van der Waals surface area contributed by atoms with Gasteiger partial charge in [-0.2, -0.15) is 0 Å². The standard InChI is InChI=1S/C17H23ClN2O3S/c1-24(22,23)19-11-12-6-4-5-9-20(12)17(21)15-10-14(15)13-7-2-3-8-16(13)18/h2-3,7-8,12,14-15,19H,4-6,9-11H2,1H3/t12-,14-,15+/m0/s1. The Labute approximate surface area is 148 Å². The van der Waals surface area contributed by atoms with Crippen molar-refractivity contribution in [1.29, 1.82) is 0 Å². The molecule has 1 N–H and O–H groups in total. The Kier molecular flexibility index (Phi) is 5.18. The van der Waals surface area contributed by atoms with Crippen molar-refractivity contribution < 1.29 is 13.2 Å². The lowest BCUT2D eigenvalue weighted by Gasteiger charge is -2.36. The van der Waals surface area contributed by atoms with Crippen LogP contribution in [0, 0.1) is 5.92 Å². The largest absolute Gasteiger partial charge is 0.338 e. The van der Waals surface area contributed by atoms with Gasteiger partial charge in [-0.1, -0.05) is 29.8 Å². The minimum absolute atomic E-state index is 0.0243. The van der Waals surface area contributed by atoms with Crippen LogP contribution in [0.2, 0.25) is 5.02 Å². The number of carbonyl (C=O) groups excluding carboxylic acids is 1. The number of likely N-dealkylation sites (tertiary alicyclic amines) is 1. The Morgan fingerprint density at radius 1 is 1.33 bits per heavy atom. The minimum atomic E-state index is -3.24. The summed E-state index contributed by atoms with van der Waals surface area (Å²) in [6.45, 7) is 1.01. The topological polar surface area (TPSA) is 66.5 Å². The number of rotatable bonds is 5. The van der Waals surface area contributed by atoms with Gasteiger partial charge in [-0.05, 0) is 43.2 Å². The molecule has 0 bridgehead atoms. The summed E-state index contributed by atoms with van der Waals surface area (Å²) >= 11 is 6.24.